The Labute approximate surface area is 124 Å². The summed E-state index contributed by atoms with van der Waals surface area (Å²) in [5.74, 6) is 1.98. The molecule has 3 heterocycles. The number of hydrogen-bond acceptors (Lipinski definition) is 4. The lowest BCUT2D eigenvalue weighted by Gasteiger charge is -2.23. The second kappa shape index (κ2) is 5.27. The number of nitrogens with zero attached hydrogens (tertiary/aromatic N) is 4. The lowest BCUT2D eigenvalue weighted by molar-refractivity contribution is 0.379. The SMILES string of the molecule is Cc1nc(S(=O)(=O)NC[C@H]2CCn3ccnc3C2)cn1C. The van der Waals surface area contributed by atoms with Crippen LogP contribution in [0.25, 0.3) is 0 Å². The predicted molar refractivity (Wildman–Crippen MR) is 77.2 cm³/mol. The van der Waals surface area contributed by atoms with Gasteiger partial charge in [-0.2, -0.15) is 0 Å². The summed E-state index contributed by atoms with van der Waals surface area (Å²) < 4.78 is 30.9. The van der Waals surface area contributed by atoms with Crippen molar-refractivity contribution in [3.05, 3.63) is 30.2 Å². The van der Waals surface area contributed by atoms with Gasteiger partial charge in [-0.15, -0.1) is 0 Å². The third-order valence-electron chi connectivity index (χ3n) is 3.98. The van der Waals surface area contributed by atoms with Crippen molar-refractivity contribution < 1.29 is 8.42 Å². The number of fused-ring (bicyclic) bond motifs is 1. The van der Waals surface area contributed by atoms with Crippen LogP contribution >= 0.6 is 0 Å². The number of nitrogens with one attached hydrogen (secondary N) is 1. The zero-order valence-corrected chi connectivity index (χ0v) is 13.0. The zero-order valence-electron chi connectivity index (χ0n) is 12.2. The van der Waals surface area contributed by atoms with Crippen LogP contribution in [-0.2, 0) is 30.0 Å². The number of rotatable bonds is 4. The fourth-order valence-electron chi connectivity index (χ4n) is 2.55. The molecule has 3 rings (SSSR count). The molecular formula is C13H19N5O2S. The molecular weight excluding hydrogens is 290 g/mol. The van der Waals surface area contributed by atoms with Crippen molar-refractivity contribution in [1.82, 2.24) is 23.8 Å². The molecule has 0 saturated heterocycles. The Bertz CT molecular complexity index is 727. The van der Waals surface area contributed by atoms with Crippen LogP contribution in [0.4, 0.5) is 0 Å². The normalized spacial score (nSPS) is 18.7. The van der Waals surface area contributed by atoms with E-state index in [9.17, 15) is 8.42 Å². The molecule has 114 valence electrons. The summed E-state index contributed by atoms with van der Waals surface area (Å²) in [4.78, 5) is 8.36. The summed E-state index contributed by atoms with van der Waals surface area (Å²) in [6.45, 7) is 3.09. The van der Waals surface area contributed by atoms with Crippen LogP contribution in [0.1, 0.15) is 18.1 Å². The molecule has 21 heavy (non-hydrogen) atoms. The second-order valence-electron chi connectivity index (χ2n) is 5.48. The highest BCUT2D eigenvalue weighted by molar-refractivity contribution is 7.89. The van der Waals surface area contributed by atoms with Crippen LogP contribution in [-0.4, -0.2) is 34.1 Å². The summed E-state index contributed by atoms with van der Waals surface area (Å²) >= 11 is 0. The molecule has 1 aliphatic heterocycles. The molecule has 0 saturated carbocycles. The van der Waals surface area contributed by atoms with Crippen molar-refractivity contribution in [2.45, 2.75) is 31.3 Å². The van der Waals surface area contributed by atoms with Crippen molar-refractivity contribution in [2.75, 3.05) is 6.54 Å². The molecule has 0 radical (unpaired) electrons. The Morgan fingerprint density at radius 1 is 1.48 bits per heavy atom. The first-order valence-electron chi connectivity index (χ1n) is 6.95. The van der Waals surface area contributed by atoms with E-state index >= 15 is 0 Å². The molecule has 1 N–H and O–H groups in total. The van der Waals surface area contributed by atoms with Gasteiger partial charge in [0.05, 0.1) is 0 Å². The van der Waals surface area contributed by atoms with Crippen LogP contribution in [0.2, 0.25) is 0 Å². The quantitative estimate of drug-likeness (QED) is 0.890. The Balaban J connectivity index is 1.65. The average Bonchev–Trinajstić information content (AvgIpc) is 3.04. The predicted octanol–water partition coefficient (Wildman–Crippen LogP) is 0.466. The van der Waals surface area contributed by atoms with E-state index in [-0.39, 0.29) is 10.9 Å². The zero-order chi connectivity index (χ0) is 15.0. The highest BCUT2D eigenvalue weighted by Gasteiger charge is 2.23. The van der Waals surface area contributed by atoms with Gasteiger partial charge < -0.3 is 9.13 Å². The minimum absolute atomic E-state index is 0.0832. The lowest BCUT2D eigenvalue weighted by atomic mass is 9.98. The van der Waals surface area contributed by atoms with E-state index in [1.807, 2.05) is 6.20 Å². The molecule has 0 fully saturated rings. The highest BCUT2D eigenvalue weighted by Crippen LogP contribution is 2.19. The maximum absolute atomic E-state index is 12.2. The van der Waals surface area contributed by atoms with Crippen LogP contribution < -0.4 is 4.72 Å². The molecule has 0 spiro atoms. The third kappa shape index (κ3) is 2.86. The Morgan fingerprint density at radius 3 is 3.00 bits per heavy atom. The fourth-order valence-corrected chi connectivity index (χ4v) is 3.70. The molecule has 0 aliphatic carbocycles. The first kappa shape index (κ1) is 14.3. The van der Waals surface area contributed by atoms with Gasteiger partial charge >= 0.3 is 0 Å². The minimum Gasteiger partial charge on any atom is -0.337 e. The Morgan fingerprint density at radius 2 is 2.29 bits per heavy atom. The highest BCUT2D eigenvalue weighted by atomic mass is 32.2. The minimum atomic E-state index is -3.53. The van der Waals surface area contributed by atoms with Crippen molar-refractivity contribution in [3.63, 3.8) is 0 Å². The van der Waals surface area contributed by atoms with E-state index in [2.05, 4.69) is 19.3 Å². The largest absolute Gasteiger partial charge is 0.337 e. The maximum atomic E-state index is 12.2. The van der Waals surface area contributed by atoms with Crippen molar-refractivity contribution in [2.24, 2.45) is 13.0 Å². The van der Waals surface area contributed by atoms with Gasteiger partial charge in [0.15, 0.2) is 5.03 Å². The molecule has 0 bridgehead atoms. The summed E-state index contributed by atoms with van der Waals surface area (Å²) in [5, 5.41) is 0.0832. The second-order valence-corrected chi connectivity index (χ2v) is 7.20. The maximum Gasteiger partial charge on any atom is 0.259 e. The van der Waals surface area contributed by atoms with Crippen LogP contribution in [0.15, 0.2) is 23.6 Å². The summed E-state index contributed by atoms with van der Waals surface area (Å²) in [6, 6.07) is 0. The molecule has 0 aromatic carbocycles. The Hall–Kier alpha value is -1.67. The lowest BCUT2D eigenvalue weighted by Crippen LogP contribution is -2.33. The van der Waals surface area contributed by atoms with Gasteiger partial charge in [-0.1, -0.05) is 0 Å². The topological polar surface area (TPSA) is 81.8 Å². The summed E-state index contributed by atoms with van der Waals surface area (Å²) in [7, 11) is -1.75. The van der Waals surface area contributed by atoms with Gasteiger partial charge in [0, 0.05) is 45.1 Å². The van der Waals surface area contributed by atoms with E-state index in [1.54, 1.807) is 24.7 Å². The smallest absolute Gasteiger partial charge is 0.259 e. The van der Waals surface area contributed by atoms with Gasteiger partial charge in [-0.3, -0.25) is 0 Å². The summed E-state index contributed by atoms with van der Waals surface area (Å²) in [6.07, 6.45) is 7.04. The third-order valence-corrected chi connectivity index (χ3v) is 5.27. The molecule has 2 aromatic rings. The van der Waals surface area contributed by atoms with Gasteiger partial charge in [-0.25, -0.2) is 23.1 Å². The molecule has 8 heteroatoms. The number of imidazole rings is 2. The first-order valence-corrected chi connectivity index (χ1v) is 8.43. The van der Waals surface area contributed by atoms with Crippen molar-refractivity contribution in [1.29, 1.82) is 0 Å². The van der Waals surface area contributed by atoms with E-state index in [0.29, 0.717) is 12.4 Å². The van der Waals surface area contributed by atoms with E-state index in [1.165, 1.54) is 6.20 Å². The number of hydrogen-bond donors (Lipinski definition) is 1. The van der Waals surface area contributed by atoms with Gasteiger partial charge in [-0.05, 0) is 19.3 Å². The van der Waals surface area contributed by atoms with E-state index < -0.39 is 10.0 Å². The average molecular weight is 309 g/mol. The Kier molecular flexibility index (Phi) is 3.58. The van der Waals surface area contributed by atoms with Crippen molar-refractivity contribution in [3.8, 4) is 0 Å². The van der Waals surface area contributed by atoms with Crippen LogP contribution in [0.5, 0.6) is 0 Å². The molecule has 7 nitrogen and oxygen atoms in total. The number of aromatic nitrogens is 4. The van der Waals surface area contributed by atoms with Crippen LogP contribution in [0, 0.1) is 12.8 Å². The monoisotopic (exact) mass is 309 g/mol. The van der Waals surface area contributed by atoms with Gasteiger partial charge in [0.1, 0.15) is 11.6 Å². The van der Waals surface area contributed by atoms with E-state index in [0.717, 1.165) is 25.2 Å². The molecule has 1 atom stereocenters. The molecule has 0 unspecified atom stereocenters. The molecule has 1 aliphatic rings. The summed E-state index contributed by atoms with van der Waals surface area (Å²) in [5.41, 5.74) is 0. The standard InChI is InChI=1S/C13H19N5O2S/c1-10-16-13(9-17(10)2)21(19,20)15-8-11-3-5-18-6-4-14-12(18)7-11/h4,6,9,11,15H,3,5,7-8H2,1-2H3/t11-/m0/s1. The van der Waals surface area contributed by atoms with E-state index in [4.69, 9.17) is 0 Å². The first-order chi connectivity index (χ1) is 9.95. The van der Waals surface area contributed by atoms with Crippen LogP contribution in [0.3, 0.4) is 0 Å². The number of aryl methyl sites for hydroxylation is 3. The molecule has 0 amide bonds. The van der Waals surface area contributed by atoms with Crippen molar-refractivity contribution >= 4 is 10.0 Å². The van der Waals surface area contributed by atoms with Gasteiger partial charge in [0.25, 0.3) is 10.0 Å². The van der Waals surface area contributed by atoms with Gasteiger partial charge in [0.2, 0.25) is 0 Å². The molecule has 2 aromatic heterocycles. The fraction of sp³-hybridized carbons (Fsp3) is 0.538. The number of sulfonamides is 1.